The number of amides is 2. The monoisotopic (exact) mass is 436 g/mol. The minimum Gasteiger partial charge on any atom is -0.330 e. The van der Waals surface area contributed by atoms with Crippen LogP contribution in [0.15, 0.2) is 29.2 Å². The summed E-state index contributed by atoms with van der Waals surface area (Å²) in [5.41, 5.74) is -0.135. The van der Waals surface area contributed by atoms with Crippen LogP contribution in [0.1, 0.15) is 33.6 Å². The van der Waals surface area contributed by atoms with Crippen molar-refractivity contribution in [1.29, 1.82) is 0 Å². The Morgan fingerprint density at radius 3 is 2.37 bits per heavy atom. The number of rotatable bonds is 4. The van der Waals surface area contributed by atoms with Gasteiger partial charge in [-0.15, -0.1) is 0 Å². The minimum atomic E-state index is -3.62. The fourth-order valence-corrected chi connectivity index (χ4v) is 5.32. The molecule has 1 N–H and O–H groups in total. The first kappa shape index (κ1) is 22.7. The van der Waals surface area contributed by atoms with E-state index < -0.39 is 21.5 Å². The summed E-state index contributed by atoms with van der Waals surface area (Å²) in [5, 5.41) is 2.82. The van der Waals surface area contributed by atoms with Crippen LogP contribution in [0, 0.1) is 5.41 Å². The number of hydrogen-bond acceptors (Lipinski definition) is 5. The molecule has 1 aromatic carbocycles. The van der Waals surface area contributed by atoms with Gasteiger partial charge in [-0.3, -0.25) is 9.59 Å². The van der Waals surface area contributed by atoms with E-state index >= 15 is 0 Å². The Labute approximate surface area is 179 Å². The second-order valence-electron chi connectivity index (χ2n) is 9.13. The predicted octanol–water partition coefficient (Wildman–Crippen LogP) is 1.60. The summed E-state index contributed by atoms with van der Waals surface area (Å²) in [5.74, 6) is -0.328. The Morgan fingerprint density at radius 1 is 1.07 bits per heavy atom. The second kappa shape index (κ2) is 8.64. The third kappa shape index (κ3) is 4.84. The second-order valence-corrected chi connectivity index (χ2v) is 11.1. The van der Waals surface area contributed by atoms with E-state index in [2.05, 4.69) is 10.2 Å². The molecule has 1 unspecified atom stereocenters. The van der Waals surface area contributed by atoms with Gasteiger partial charge in [-0.25, -0.2) is 8.42 Å². The van der Waals surface area contributed by atoms with Crippen LogP contribution >= 0.6 is 0 Å². The van der Waals surface area contributed by atoms with Gasteiger partial charge in [-0.1, -0.05) is 26.8 Å². The molecule has 0 radical (unpaired) electrons. The summed E-state index contributed by atoms with van der Waals surface area (Å²) in [6.07, 6.45) is 1.38. The Morgan fingerprint density at radius 2 is 1.73 bits per heavy atom. The lowest BCUT2D eigenvalue weighted by atomic mass is 9.94. The Balaban J connectivity index is 1.73. The first-order valence-electron chi connectivity index (χ1n) is 10.4. The average molecular weight is 437 g/mol. The highest BCUT2D eigenvalue weighted by molar-refractivity contribution is 7.89. The first-order chi connectivity index (χ1) is 14.0. The van der Waals surface area contributed by atoms with E-state index in [0.29, 0.717) is 44.8 Å². The third-order valence-corrected chi connectivity index (χ3v) is 7.55. The number of nitrogens with one attached hydrogen (secondary N) is 1. The number of nitrogens with zero attached hydrogens (tertiary/aromatic N) is 3. The predicted molar refractivity (Wildman–Crippen MR) is 116 cm³/mol. The van der Waals surface area contributed by atoms with Crippen molar-refractivity contribution < 1.29 is 18.0 Å². The number of likely N-dealkylation sites (N-methyl/N-ethyl adjacent to an activating group) is 1. The van der Waals surface area contributed by atoms with Gasteiger partial charge in [0.05, 0.1) is 4.90 Å². The molecule has 1 aromatic rings. The number of hydrogen-bond donors (Lipinski definition) is 1. The number of likely N-dealkylation sites (tertiary alicyclic amines) is 1. The molecule has 3 rings (SSSR count). The molecule has 2 amide bonds. The van der Waals surface area contributed by atoms with Gasteiger partial charge in [0.15, 0.2) is 0 Å². The topological polar surface area (TPSA) is 90.0 Å². The van der Waals surface area contributed by atoms with Crippen LogP contribution in [0.25, 0.3) is 0 Å². The van der Waals surface area contributed by atoms with Gasteiger partial charge in [-0.05, 0) is 38.1 Å². The van der Waals surface area contributed by atoms with E-state index in [9.17, 15) is 18.0 Å². The first-order valence-corrected chi connectivity index (χ1v) is 11.8. The third-order valence-electron chi connectivity index (χ3n) is 5.66. The summed E-state index contributed by atoms with van der Waals surface area (Å²) < 4.78 is 27.4. The number of anilines is 1. The van der Waals surface area contributed by atoms with Crippen LogP contribution in [0.5, 0.6) is 0 Å². The molecule has 1 atom stereocenters. The Bertz CT molecular complexity index is 902. The molecular weight excluding hydrogens is 404 g/mol. The Hall–Kier alpha value is -1.97. The van der Waals surface area contributed by atoms with E-state index in [1.165, 1.54) is 10.4 Å². The van der Waals surface area contributed by atoms with E-state index in [1.807, 2.05) is 27.8 Å². The van der Waals surface area contributed by atoms with Crippen molar-refractivity contribution in [3.05, 3.63) is 24.3 Å². The molecule has 0 saturated carbocycles. The molecule has 166 valence electrons. The number of benzene rings is 1. The SMILES string of the molecule is CN1CCN(S(=O)(=O)c2cccc(NC(=O)C3CCCN3C(=O)C(C)(C)C)c2)CC1. The minimum absolute atomic E-state index is 0.0495. The summed E-state index contributed by atoms with van der Waals surface area (Å²) in [7, 11) is -1.65. The summed E-state index contributed by atoms with van der Waals surface area (Å²) >= 11 is 0. The van der Waals surface area contributed by atoms with Crippen LogP contribution in [-0.2, 0) is 19.6 Å². The molecule has 0 aliphatic carbocycles. The van der Waals surface area contributed by atoms with Crippen molar-refractivity contribution in [2.24, 2.45) is 5.41 Å². The normalized spacial score (nSPS) is 21.6. The maximum absolute atomic E-state index is 13.0. The number of carbonyl (C=O) groups is 2. The van der Waals surface area contributed by atoms with Crippen LogP contribution in [0.4, 0.5) is 5.69 Å². The number of piperazine rings is 1. The van der Waals surface area contributed by atoms with Crippen molar-refractivity contribution in [3.8, 4) is 0 Å². The molecular formula is C21H32N4O4S. The van der Waals surface area contributed by atoms with Crippen molar-refractivity contribution in [1.82, 2.24) is 14.1 Å². The summed E-state index contributed by atoms with van der Waals surface area (Å²) in [4.78, 5) is 29.5. The maximum Gasteiger partial charge on any atom is 0.247 e. The van der Waals surface area contributed by atoms with Crippen LogP contribution < -0.4 is 5.32 Å². The molecule has 2 aliphatic heterocycles. The van der Waals surface area contributed by atoms with E-state index in [-0.39, 0.29) is 16.7 Å². The van der Waals surface area contributed by atoms with Crippen molar-refractivity contribution in [2.45, 2.75) is 44.6 Å². The molecule has 9 heteroatoms. The molecule has 30 heavy (non-hydrogen) atoms. The molecule has 2 fully saturated rings. The lowest BCUT2D eigenvalue weighted by molar-refractivity contribution is -0.143. The molecule has 8 nitrogen and oxygen atoms in total. The fourth-order valence-electron chi connectivity index (χ4n) is 3.85. The van der Waals surface area contributed by atoms with Gasteiger partial charge in [0.2, 0.25) is 21.8 Å². The lowest BCUT2D eigenvalue weighted by Crippen LogP contribution is -2.47. The largest absolute Gasteiger partial charge is 0.330 e. The highest BCUT2D eigenvalue weighted by Gasteiger charge is 2.38. The van der Waals surface area contributed by atoms with Gasteiger partial charge in [-0.2, -0.15) is 4.31 Å². The van der Waals surface area contributed by atoms with Crippen molar-refractivity contribution in [3.63, 3.8) is 0 Å². The van der Waals surface area contributed by atoms with Crippen molar-refractivity contribution >= 4 is 27.5 Å². The summed E-state index contributed by atoms with van der Waals surface area (Å²) in [6, 6.07) is 5.82. The zero-order chi connectivity index (χ0) is 22.1. The molecule has 0 spiro atoms. The standard InChI is InChI=1S/C21H32N4O4S/c1-21(2,3)20(27)25-10-6-9-18(25)19(26)22-16-7-5-8-17(15-16)30(28,29)24-13-11-23(4)12-14-24/h5,7-8,15,18H,6,9-14H2,1-4H3,(H,22,26). The zero-order valence-corrected chi connectivity index (χ0v) is 19.0. The smallest absolute Gasteiger partial charge is 0.247 e. The molecule has 2 saturated heterocycles. The quantitative estimate of drug-likeness (QED) is 0.774. The van der Waals surface area contributed by atoms with Crippen LogP contribution in [0.3, 0.4) is 0 Å². The van der Waals surface area contributed by atoms with Crippen molar-refractivity contribution in [2.75, 3.05) is 45.1 Å². The van der Waals surface area contributed by atoms with E-state index in [0.717, 1.165) is 6.42 Å². The number of sulfonamides is 1. The zero-order valence-electron chi connectivity index (χ0n) is 18.2. The Kier molecular flexibility index (Phi) is 6.54. The maximum atomic E-state index is 13.0. The highest BCUT2D eigenvalue weighted by Crippen LogP contribution is 2.27. The molecule has 0 bridgehead atoms. The van der Waals surface area contributed by atoms with Gasteiger partial charge >= 0.3 is 0 Å². The van der Waals surface area contributed by atoms with E-state index in [4.69, 9.17) is 0 Å². The average Bonchev–Trinajstić information content (AvgIpc) is 3.17. The van der Waals surface area contributed by atoms with Gasteiger partial charge in [0.25, 0.3) is 0 Å². The summed E-state index contributed by atoms with van der Waals surface area (Å²) in [6.45, 7) is 8.36. The van der Waals surface area contributed by atoms with Gasteiger partial charge < -0.3 is 15.1 Å². The lowest BCUT2D eigenvalue weighted by Gasteiger charge is -2.31. The van der Waals surface area contributed by atoms with Crippen LogP contribution in [0.2, 0.25) is 0 Å². The fraction of sp³-hybridized carbons (Fsp3) is 0.619. The van der Waals surface area contributed by atoms with Crippen LogP contribution in [-0.4, -0.2) is 80.2 Å². The van der Waals surface area contributed by atoms with Gasteiger partial charge in [0, 0.05) is 43.8 Å². The van der Waals surface area contributed by atoms with Gasteiger partial charge in [0.1, 0.15) is 6.04 Å². The molecule has 2 aliphatic rings. The highest BCUT2D eigenvalue weighted by atomic mass is 32.2. The number of carbonyl (C=O) groups excluding carboxylic acids is 2. The molecule has 2 heterocycles. The van der Waals surface area contributed by atoms with E-state index in [1.54, 1.807) is 23.1 Å². The molecule has 0 aromatic heterocycles.